The number of ether oxygens (including phenoxy) is 2. The molecule has 6 heteroatoms. The number of fused-ring (bicyclic) bond motifs is 1. The van der Waals surface area contributed by atoms with Gasteiger partial charge in [0.25, 0.3) is 5.91 Å². The lowest BCUT2D eigenvalue weighted by molar-refractivity contribution is -0.119. The molecule has 0 aromatic heterocycles. The molecular weight excluding hydrogens is 344 g/mol. The van der Waals surface area contributed by atoms with Gasteiger partial charge in [-0.1, -0.05) is 18.2 Å². The summed E-state index contributed by atoms with van der Waals surface area (Å²) in [5.41, 5.74) is 2.72. The van der Waals surface area contributed by atoms with Gasteiger partial charge < -0.3 is 19.7 Å². The van der Waals surface area contributed by atoms with Crippen LogP contribution in [0, 0.1) is 5.92 Å². The van der Waals surface area contributed by atoms with Crippen molar-refractivity contribution >= 4 is 23.2 Å². The molecule has 1 fully saturated rings. The van der Waals surface area contributed by atoms with Gasteiger partial charge in [0.15, 0.2) is 18.1 Å². The van der Waals surface area contributed by atoms with Crippen molar-refractivity contribution < 1.29 is 19.1 Å². The number of amides is 2. The normalized spacial score (nSPS) is 15.2. The monoisotopic (exact) mass is 366 g/mol. The van der Waals surface area contributed by atoms with Crippen LogP contribution >= 0.6 is 0 Å². The second kappa shape index (κ2) is 7.31. The molecule has 2 aromatic rings. The number of rotatable bonds is 6. The third-order valence-corrected chi connectivity index (χ3v) is 4.89. The van der Waals surface area contributed by atoms with Crippen LogP contribution in [0.15, 0.2) is 42.5 Å². The van der Waals surface area contributed by atoms with Crippen molar-refractivity contribution in [3.63, 3.8) is 0 Å². The molecular formula is C21H22N2O4. The molecule has 1 heterocycles. The van der Waals surface area contributed by atoms with Crippen LogP contribution < -0.4 is 19.7 Å². The van der Waals surface area contributed by atoms with Crippen LogP contribution in [0.2, 0.25) is 0 Å². The largest absolute Gasteiger partial charge is 0.493 e. The molecule has 0 atom stereocenters. The van der Waals surface area contributed by atoms with E-state index in [1.54, 1.807) is 19.2 Å². The van der Waals surface area contributed by atoms with E-state index in [0.717, 1.165) is 37.1 Å². The quantitative estimate of drug-likeness (QED) is 0.853. The molecule has 0 bridgehead atoms. The summed E-state index contributed by atoms with van der Waals surface area (Å²) in [4.78, 5) is 26.5. The van der Waals surface area contributed by atoms with Gasteiger partial charge in [-0.25, -0.2) is 0 Å². The van der Waals surface area contributed by atoms with Crippen molar-refractivity contribution in [3.8, 4) is 11.5 Å². The van der Waals surface area contributed by atoms with Crippen LogP contribution in [-0.4, -0.2) is 32.1 Å². The highest BCUT2D eigenvalue weighted by molar-refractivity contribution is 5.99. The summed E-state index contributed by atoms with van der Waals surface area (Å²) >= 11 is 0. The number of methoxy groups -OCH3 is 1. The number of carbonyl (C=O) groups excluding carboxylic acids is 2. The van der Waals surface area contributed by atoms with Crippen molar-refractivity contribution in [1.82, 2.24) is 0 Å². The average molecular weight is 366 g/mol. The molecule has 2 aromatic carbocycles. The second-order valence-corrected chi connectivity index (χ2v) is 6.85. The van der Waals surface area contributed by atoms with Gasteiger partial charge in [0.1, 0.15) is 0 Å². The van der Waals surface area contributed by atoms with Gasteiger partial charge in [-0.3, -0.25) is 9.59 Å². The first kappa shape index (κ1) is 17.4. The van der Waals surface area contributed by atoms with E-state index < -0.39 is 0 Å². The lowest BCUT2D eigenvalue weighted by Crippen LogP contribution is -2.30. The Morgan fingerprint density at radius 1 is 1.15 bits per heavy atom. The lowest BCUT2D eigenvalue weighted by Gasteiger charge is -2.18. The molecule has 0 spiro atoms. The van der Waals surface area contributed by atoms with E-state index >= 15 is 0 Å². The van der Waals surface area contributed by atoms with E-state index in [1.807, 2.05) is 35.2 Å². The maximum Gasteiger partial charge on any atom is 0.262 e. The zero-order chi connectivity index (χ0) is 18.8. The van der Waals surface area contributed by atoms with Gasteiger partial charge >= 0.3 is 0 Å². The summed E-state index contributed by atoms with van der Waals surface area (Å²) in [6.45, 7) is 0.598. The number of anilines is 2. The minimum atomic E-state index is -0.265. The topological polar surface area (TPSA) is 67.9 Å². The highest BCUT2D eigenvalue weighted by Crippen LogP contribution is 2.37. The fraction of sp³-hybridized carbons (Fsp3) is 0.333. The third kappa shape index (κ3) is 3.74. The van der Waals surface area contributed by atoms with Gasteiger partial charge in [-0.15, -0.1) is 0 Å². The molecule has 0 unspecified atom stereocenters. The van der Waals surface area contributed by atoms with Crippen molar-refractivity contribution in [2.24, 2.45) is 5.92 Å². The number of nitrogens with zero attached hydrogens (tertiary/aromatic N) is 1. The summed E-state index contributed by atoms with van der Waals surface area (Å²) in [6, 6.07) is 12.9. The lowest BCUT2D eigenvalue weighted by atomic mass is 10.1. The fourth-order valence-electron chi connectivity index (χ4n) is 3.31. The minimum Gasteiger partial charge on any atom is -0.493 e. The first-order valence-corrected chi connectivity index (χ1v) is 9.15. The Bertz CT molecular complexity index is 876. The van der Waals surface area contributed by atoms with E-state index in [9.17, 15) is 9.59 Å². The summed E-state index contributed by atoms with van der Waals surface area (Å²) in [7, 11) is 1.56. The molecule has 6 nitrogen and oxygen atoms in total. The van der Waals surface area contributed by atoms with Crippen molar-refractivity contribution in [1.29, 1.82) is 0 Å². The van der Waals surface area contributed by atoms with Gasteiger partial charge in [0.2, 0.25) is 5.91 Å². The van der Waals surface area contributed by atoms with E-state index in [2.05, 4.69) is 5.32 Å². The van der Waals surface area contributed by atoms with Crippen LogP contribution in [0.1, 0.15) is 18.4 Å². The van der Waals surface area contributed by atoms with Crippen LogP contribution in [0.3, 0.4) is 0 Å². The molecule has 1 saturated carbocycles. The number of hydrogen-bond donors (Lipinski definition) is 1. The average Bonchev–Trinajstić information content (AvgIpc) is 3.46. The first-order chi connectivity index (χ1) is 13.2. The highest BCUT2D eigenvalue weighted by Gasteiger charge is 2.36. The van der Waals surface area contributed by atoms with Crippen molar-refractivity contribution in [2.75, 3.05) is 30.5 Å². The standard InChI is InChI=1S/C21H22N2O4/c1-26-18-4-2-3-5-19(18)27-13-20(24)22-16-9-8-14-10-11-23(17(14)12-16)21(25)15-6-7-15/h2-5,8-9,12,15H,6-7,10-11,13H2,1H3,(H,22,24). The van der Waals surface area contributed by atoms with Crippen molar-refractivity contribution in [2.45, 2.75) is 19.3 Å². The Morgan fingerprint density at radius 3 is 2.67 bits per heavy atom. The summed E-state index contributed by atoms with van der Waals surface area (Å²) in [6.07, 6.45) is 2.84. The summed E-state index contributed by atoms with van der Waals surface area (Å²) in [5, 5.41) is 2.84. The van der Waals surface area contributed by atoms with Crippen LogP contribution in [0.5, 0.6) is 11.5 Å². The first-order valence-electron chi connectivity index (χ1n) is 9.15. The zero-order valence-corrected chi connectivity index (χ0v) is 15.2. The smallest absolute Gasteiger partial charge is 0.262 e. The van der Waals surface area contributed by atoms with Gasteiger partial charge in [-0.05, 0) is 49.1 Å². The Morgan fingerprint density at radius 2 is 1.93 bits per heavy atom. The Kier molecular flexibility index (Phi) is 4.71. The van der Waals surface area contributed by atoms with E-state index in [0.29, 0.717) is 17.2 Å². The predicted molar refractivity (Wildman–Crippen MR) is 102 cm³/mol. The zero-order valence-electron chi connectivity index (χ0n) is 15.2. The van der Waals surface area contributed by atoms with Gasteiger partial charge in [0.05, 0.1) is 7.11 Å². The van der Waals surface area contributed by atoms with Crippen LogP contribution in [0.25, 0.3) is 0 Å². The Balaban J connectivity index is 1.40. The number of benzene rings is 2. The van der Waals surface area contributed by atoms with Crippen LogP contribution in [0.4, 0.5) is 11.4 Å². The SMILES string of the molecule is COc1ccccc1OCC(=O)Nc1ccc2c(c1)N(C(=O)C1CC1)CC2. The number of nitrogens with one attached hydrogen (secondary N) is 1. The summed E-state index contributed by atoms with van der Waals surface area (Å²) in [5.74, 6) is 1.22. The molecule has 2 amide bonds. The number of carbonyl (C=O) groups is 2. The molecule has 4 rings (SSSR count). The maximum absolute atomic E-state index is 12.4. The molecule has 27 heavy (non-hydrogen) atoms. The summed E-state index contributed by atoms with van der Waals surface area (Å²) < 4.78 is 10.8. The second-order valence-electron chi connectivity index (χ2n) is 6.85. The maximum atomic E-state index is 12.4. The predicted octanol–water partition coefficient (Wildman–Crippen LogP) is 3.01. The van der Waals surface area contributed by atoms with E-state index in [1.165, 1.54) is 0 Å². The molecule has 2 aliphatic rings. The van der Waals surface area contributed by atoms with E-state index in [4.69, 9.17) is 9.47 Å². The molecule has 1 aliphatic carbocycles. The van der Waals surface area contributed by atoms with E-state index in [-0.39, 0.29) is 24.3 Å². The number of hydrogen-bond acceptors (Lipinski definition) is 4. The molecule has 0 radical (unpaired) electrons. The van der Waals surface area contributed by atoms with Crippen molar-refractivity contribution in [3.05, 3.63) is 48.0 Å². The molecule has 1 aliphatic heterocycles. The number of para-hydroxylation sites is 2. The molecule has 140 valence electrons. The van der Waals surface area contributed by atoms with Crippen LogP contribution in [-0.2, 0) is 16.0 Å². The molecule has 0 saturated heterocycles. The fourth-order valence-corrected chi connectivity index (χ4v) is 3.31. The highest BCUT2D eigenvalue weighted by atomic mass is 16.5. The molecule has 1 N–H and O–H groups in total. The Labute approximate surface area is 158 Å². The van der Waals surface area contributed by atoms with Gasteiger partial charge in [0, 0.05) is 23.8 Å². The minimum absolute atomic E-state index is 0.123. The van der Waals surface area contributed by atoms with Gasteiger partial charge in [-0.2, -0.15) is 0 Å². The Hall–Kier alpha value is -3.02. The third-order valence-electron chi connectivity index (χ3n) is 4.89.